The SMILES string of the molecule is Nc1cc(CCN2CCOCC2)ccc1N1CCCCC1.[Cl-].[Cl-].[Cl-].[H+].[H+].[H+]. The van der Waals surface area contributed by atoms with Crippen LogP contribution in [0.5, 0.6) is 0 Å². The lowest BCUT2D eigenvalue weighted by atomic mass is 10.1. The summed E-state index contributed by atoms with van der Waals surface area (Å²) in [4.78, 5) is 4.91. The highest BCUT2D eigenvalue weighted by Crippen LogP contribution is 2.27. The zero-order valence-corrected chi connectivity index (χ0v) is 16.3. The van der Waals surface area contributed by atoms with Crippen LogP contribution in [0.15, 0.2) is 18.2 Å². The van der Waals surface area contributed by atoms with E-state index in [1.165, 1.54) is 30.5 Å². The lowest BCUT2D eigenvalue weighted by Gasteiger charge is -2.30. The van der Waals surface area contributed by atoms with Gasteiger partial charge in [-0.25, -0.2) is 0 Å². The van der Waals surface area contributed by atoms with E-state index in [0.717, 1.165) is 58.0 Å². The highest BCUT2D eigenvalue weighted by molar-refractivity contribution is 5.68. The van der Waals surface area contributed by atoms with Gasteiger partial charge >= 0.3 is 4.28 Å². The molecule has 2 N–H and O–H groups in total. The predicted molar refractivity (Wildman–Crippen MR) is 91.2 cm³/mol. The standard InChI is InChI=1S/C17H27N3O.3ClH/c18-16-14-15(6-9-19-10-12-21-13-11-19)4-5-17(16)20-7-2-1-3-8-20;;;/h4-5,14H,1-3,6-13,18H2;3*1H. The van der Waals surface area contributed by atoms with Crippen molar-refractivity contribution in [2.75, 3.05) is 56.6 Å². The summed E-state index contributed by atoms with van der Waals surface area (Å²) in [5.74, 6) is 0. The van der Waals surface area contributed by atoms with Crippen molar-refractivity contribution in [1.29, 1.82) is 0 Å². The fourth-order valence-electron chi connectivity index (χ4n) is 3.29. The molecule has 0 aliphatic carbocycles. The maximum Gasteiger partial charge on any atom is 1.00 e. The average Bonchev–Trinajstić information content (AvgIpc) is 2.55. The number of nitrogens with two attached hydrogens (primary N) is 1. The molecule has 4 nitrogen and oxygen atoms in total. The van der Waals surface area contributed by atoms with E-state index < -0.39 is 0 Å². The first-order valence-electron chi connectivity index (χ1n) is 8.26. The van der Waals surface area contributed by atoms with Gasteiger partial charge in [0, 0.05) is 32.7 Å². The van der Waals surface area contributed by atoms with Crippen LogP contribution in [0, 0.1) is 0 Å². The highest BCUT2D eigenvalue weighted by atomic mass is 35.5. The van der Waals surface area contributed by atoms with Crippen LogP contribution in [-0.2, 0) is 11.2 Å². The van der Waals surface area contributed by atoms with E-state index in [-0.39, 0.29) is 41.5 Å². The molecule has 2 heterocycles. The van der Waals surface area contributed by atoms with E-state index in [9.17, 15) is 0 Å². The molecule has 2 fully saturated rings. The number of hydrogen-bond acceptors (Lipinski definition) is 4. The normalized spacial score (nSPS) is 18.1. The van der Waals surface area contributed by atoms with Crippen LogP contribution in [0.25, 0.3) is 0 Å². The van der Waals surface area contributed by atoms with Crippen LogP contribution >= 0.6 is 0 Å². The summed E-state index contributed by atoms with van der Waals surface area (Å²) in [5, 5.41) is 0. The Balaban J connectivity index is -0.000000441. The molecule has 0 bridgehead atoms. The van der Waals surface area contributed by atoms with E-state index in [2.05, 4.69) is 28.0 Å². The largest absolute Gasteiger partial charge is 1.00 e. The van der Waals surface area contributed by atoms with Crippen LogP contribution < -0.4 is 47.9 Å². The first kappa shape index (κ1) is 23.6. The van der Waals surface area contributed by atoms with Crippen molar-refractivity contribution in [2.45, 2.75) is 25.7 Å². The van der Waals surface area contributed by atoms with Gasteiger partial charge in [0.1, 0.15) is 0 Å². The third-order valence-electron chi connectivity index (χ3n) is 4.61. The maximum atomic E-state index is 6.29. The van der Waals surface area contributed by atoms with Gasteiger partial charge < -0.3 is 52.6 Å². The van der Waals surface area contributed by atoms with Crippen LogP contribution in [-0.4, -0.2) is 50.8 Å². The quantitative estimate of drug-likeness (QED) is 0.512. The molecule has 2 aliphatic rings. The summed E-state index contributed by atoms with van der Waals surface area (Å²) >= 11 is 0. The smallest absolute Gasteiger partial charge is 1.00 e. The molecule has 24 heavy (non-hydrogen) atoms. The Hall–Kier alpha value is -0.390. The van der Waals surface area contributed by atoms with E-state index in [1.54, 1.807) is 0 Å². The summed E-state index contributed by atoms with van der Waals surface area (Å²) < 4.78 is 5.39. The summed E-state index contributed by atoms with van der Waals surface area (Å²) in [7, 11) is 0. The number of benzene rings is 1. The number of ether oxygens (including phenoxy) is 1. The number of nitrogens with zero attached hydrogens (tertiary/aromatic N) is 2. The Morgan fingerprint density at radius 3 is 2.25 bits per heavy atom. The zero-order chi connectivity index (χ0) is 14.5. The number of anilines is 2. The second-order valence-electron chi connectivity index (χ2n) is 6.14. The molecule has 3 rings (SSSR count). The van der Waals surface area contributed by atoms with Gasteiger partial charge in [-0.1, -0.05) is 6.07 Å². The molecule has 140 valence electrons. The van der Waals surface area contributed by atoms with Gasteiger partial charge in [-0.3, -0.25) is 4.90 Å². The van der Waals surface area contributed by atoms with E-state index >= 15 is 0 Å². The number of halogens is 3. The molecule has 2 saturated heterocycles. The minimum atomic E-state index is 0. The van der Waals surface area contributed by atoms with Crippen molar-refractivity contribution >= 4 is 11.4 Å². The summed E-state index contributed by atoms with van der Waals surface area (Å²) in [6, 6.07) is 6.64. The molecule has 0 amide bonds. The molecular formula is C17H30Cl3N3O. The monoisotopic (exact) mass is 397 g/mol. The molecule has 0 aromatic heterocycles. The van der Waals surface area contributed by atoms with Crippen molar-refractivity contribution in [3.63, 3.8) is 0 Å². The fourth-order valence-corrected chi connectivity index (χ4v) is 3.29. The fraction of sp³-hybridized carbons (Fsp3) is 0.647. The topological polar surface area (TPSA) is 41.7 Å². The number of morpholine rings is 1. The Morgan fingerprint density at radius 1 is 0.958 bits per heavy atom. The Kier molecular flexibility index (Phi) is 11.8. The summed E-state index contributed by atoms with van der Waals surface area (Å²) in [6.07, 6.45) is 5.01. The maximum absolute atomic E-state index is 6.29. The minimum Gasteiger partial charge on any atom is -1.00 e. The van der Waals surface area contributed by atoms with Crippen LogP contribution in [0.2, 0.25) is 0 Å². The van der Waals surface area contributed by atoms with Crippen LogP contribution in [0.1, 0.15) is 29.1 Å². The van der Waals surface area contributed by atoms with Crippen molar-refractivity contribution in [3.05, 3.63) is 23.8 Å². The van der Waals surface area contributed by atoms with Gasteiger partial charge in [-0.2, -0.15) is 0 Å². The van der Waals surface area contributed by atoms with Gasteiger partial charge in [-0.15, -0.1) is 0 Å². The molecule has 0 saturated carbocycles. The van der Waals surface area contributed by atoms with Gasteiger partial charge in [-0.05, 0) is 43.4 Å². The first-order chi connectivity index (χ1) is 10.3. The number of hydrogen-bond donors (Lipinski definition) is 1. The Morgan fingerprint density at radius 2 is 1.62 bits per heavy atom. The number of rotatable bonds is 4. The van der Waals surface area contributed by atoms with Gasteiger partial charge in [0.15, 0.2) is 0 Å². The third-order valence-corrected chi connectivity index (χ3v) is 4.61. The van der Waals surface area contributed by atoms with Crippen molar-refractivity contribution in [3.8, 4) is 0 Å². The van der Waals surface area contributed by atoms with Gasteiger partial charge in [0.05, 0.1) is 24.6 Å². The van der Waals surface area contributed by atoms with Crippen LogP contribution in [0.3, 0.4) is 0 Å². The molecule has 7 heteroatoms. The molecule has 1 aromatic rings. The second-order valence-corrected chi connectivity index (χ2v) is 6.14. The molecule has 0 spiro atoms. The molecule has 1 aromatic carbocycles. The lowest BCUT2D eigenvalue weighted by Crippen LogP contribution is -3.00. The summed E-state index contributed by atoms with van der Waals surface area (Å²) in [5.41, 5.74) is 9.80. The average molecular weight is 399 g/mol. The zero-order valence-electron chi connectivity index (χ0n) is 17.0. The minimum absolute atomic E-state index is 0. The van der Waals surface area contributed by atoms with Crippen LogP contribution in [0.4, 0.5) is 11.4 Å². The van der Waals surface area contributed by atoms with Crippen molar-refractivity contribution in [2.24, 2.45) is 0 Å². The molecule has 0 unspecified atom stereocenters. The van der Waals surface area contributed by atoms with Gasteiger partial charge in [0.25, 0.3) is 0 Å². The van der Waals surface area contributed by atoms with Gasteiger partial charge in [0.2, 0.25) is 0 Å². The molecule has 0 atom stereocenters. The van der Waals surface area contributed by atoms with E-state index in [1.807, 2.05) is 0 Å². The molecule has 2 aliphatic heterocycles. The third kappa shape index (κ3) is 6.49. The summed E-state index contributed by atoms with van der Waals surface area (Å²) in [6.45, 7) is 7.26. The molecular weight excluding hydrogens is 369 g/mol. The van der Waals surface area contributed by atoms with Crippen molar-refractivity contribution in [1.82, 2.24) is 4.90 Å². The van der Waals surface area contributed by atoms with E-state index in [4.69, 9.17) is 10.5 Å². The number of nitrogen functional groups attached to an aromatic ring is 1. The van der Waals surface area contributed by atoms with E-state index in [0.29, 0.717) is 0 Å². The lowest BCUT2D eigenvalue weighted by molar-refractivity contribution is -0.00100. The second kappa shape index (κ2) is 12.0. The Labute approximate surface area is 168 Å². The van der Waals surface area contributed by atoms with Crippen molar-refractivity contribution < 1.29 is 46.2 Å². The first-order valence-corrected chi connectivity index (χ1v) is 8.26. The number of piperidine rings is 1. The highest BCUT2D eigenvalue weighted by Gasteiger charge is 2.14. The Bertz CT molecular complexity index is 478. The predicted octanol–water partition coefficient (Wildman–Crippen LogP) is -6.52. The molecule has 0 radical (unpaired) electrons.